The van der Waals surface area contributed by atoms with Crippen LogP contribution in [0.3, 0.4) is 0 Å². The quantitative estimate of drug-likeness (QED) is 0.942. The maximum Gasteiger partial charge on any atom is 0.258 e. The second-order valence-electron chi connectivity index (χ2n) is 5.48. The third-order valence-electron chi connectivity index (χ3n) is 4.07. The van der Waals surface area contributed by atoms with Crippen molar-refractivity contribution in [2.24, 2.45) is 0 Å². The van der Waals surface area contributed by atoms with Crippen molar-refractivity contribution in [3.05, 3.63) is 45.8 Å². The highest BCUT2D eigenvalue weighted by atomic mass is 35.5. The van der Waals surface area contributed by atoms with Gasteiger partial charge in [-0.3, -0.25) is 4.79 Å². The number of aromatic nitrogens is 1. The van der Waals surface area contributed by atoms with Crippen molar-refractivity contribution in [3.63, 3.8) is 0 Å². The van der Waals surface area contributed by atoms with Crippen molar-refractivity contribution in [1.29, 1.82) is 0 Å². The van der Waals surface area contributed by atoms with Gasteiger partial charge < -0.3 is 9.88 Å². The third-order valence-corrected chi connectivity index (χ3v) is 4.30. The Morgan fingerprint density at radius 3 is 3.00 bits per heavy atom. The van der Waals surface area contributed by atoms with Gasteiger partial charge in [0.2, 0.25) is 0 Å². The molecule has 1 N–H and O–H groups in total. The average Bonchev–Trinajstić information content (AvgIpc) is 2.47. The number of nitrogens with zero attached hydrogens (tertiary/aromatic N) is 1. The molecule has 1 atom stereocenters. The molecule has 1 unspecified atom stereocenters. The molecule has 2 aromatic rings. The normalized spacial score (nSPS) is 19.4. The lowest BCUT2D eigenvalue weighted by atomic mass is 10.0. The summed E-state index contributed by atoms with van der Waals surface area (Å²) in [5.41, 5.74) is 0.0787. The molecule has 1 aliphatic rings. The summed E-state index contributed by atoms with van der Waals surface area (Å²) < 4.78 is 1.81. The summed E-state index contributed by atoms with van der Waals surface area (Å²) >= 11 is 5.96. The number of benzene rings is 1. The maximum absolute atomic E-state index is 12.4. The molecule has 3 rings (SSSR count). The van der Waals surface area contributed by atoms with Crippen molar-refractivity contribution in [1.82, 2.24) is 9.88 Å². The molecular weight excluding hydrogens is 272 g/mol. The molecule has 1 aromatic carbocycles. The molecule has 0 radical (unpaired) electrons. The van der Waals surface area contributed by atoms with Gasteiger partial charge in [-0.15, -0.1) is 0 Å². The lowest BCUT2D eigenvalue weighted by Crippen LogP contribution is -2.35. The number of nitrogens with one attached hydrogen (secondary N) is 1. The van der Waals surface area contributed by atoms with E-state index < -0.39 is 0 Å². The Kier molecular flexibility index (Phi) is 4.08. The summed E-state index contributed by atoms with van der Waals surface area (Å²) in [5.74, 6) is 0. The van der Waals surface area contributed by atoms with Crippen LogP contribution in [-0.2, 0) is 6.54 Å². The van der Waals surface area contributed by atoms with Gasteiger partial charge in [0.05, 0.1) is 0 Å². The molecular formula is C16H19ClN2O. The average molecular weight is 291 g/mol. The molecule has 106 valence electrons. The Labute approximate surface area is 123 Å². The fourth-order valence-electron chi connectivity index (χ4n) is 2.90. The van der Waals surface area contributed by atoms with E-state index in [-0.39, 0.29) is 5.56 Å². The minimum atomic E-state index is 0.0787. The standard InChI is InChI=1S/C16H19ClN2O/c17-13-4-5-15-12(11-13)6-9-19(16(15)20)10-7-14-3-1-2-8-18-14/h4-6,9,11,14,18H,1-3,7-8,10H2. The number of halogens is 1. The van der Waals surface area contributed by atoms with Gasteiger partial charge in [0.25, 0.3) is 5.56 Å². The first-order chi connectivity index (χ1) is 9.74. The van der Waals surface area contributed by atoms with Crippen molar-refractivity contribution in [2.45, 2.75) is 38.3 Å². The van der Waals surface area contributed by atoms with Gasteiger partial charge in [0.15, 0.2) is 0 Å². The fourth-order valence-corrected chi connectivity index (χ4v) is 3.08. The summed E-state index contributed by atoms with van der Waals surface area (Å²) in [6.07, 6.45) is 6.68. The summed E-state index contributed by atoms with van der Waals surface area (Å²) in [6, 6.07) is 7.95. The molecule has 0 saturated carbocycles. The summed E-state index contributed by atoms with van der Waals surface area (Å²) in [4.78, 5) is 12.4. The monoisotopic (exact) mass is 290 g/mol. The second-order valence-corrected chi connectivity index (χ2v) is 5.92. The van der Waals surface area contributed by atoms with Crippen LogP contribution in [0, 0.1) is 0 Å². The molecule has 1 aliphatic heterocycles. The maximum atomic E-state index is 12.4. The number of piperidine rings is 1. The zero-order valence-corrected chi connectivity index (χ0v) is 12.2. The van der Waals surface area contributed by atoms with Gasteiger partial charge in [0, 0.05) is 29.2 Å². The number of hydrogen-bond donors (Lipinski definition) is 1. The van der Waals surface area contributed by atoms with Crippen molar-refractivity contribution in [2.75, 3.05) is 6.54 Å². The van der Waals surface area contributed by atoms with Crippen LogP contribution in [0.2, 0.25) is 5.02 Å². The predicted molar refractivity (Wildman–Crippen MR) is 83.5 cm³/mol. The van der Waals surface area contributed by atoms with E-state index in [1.165, 1.54) is 19.3 Å². The molecule has 1 fully saturated rings. The minimum Gasteiger partial charge on any atom is -0.315 e. The van der Waals surface area contributed by atoms with Gasteiger partial charge in [-0.25, -0.2) is 0 Å². The van der Waals surface area contributed by atoms with Crippen molar-refractivity contribution >= 4 is 22.4 Å². The molecule has 20 heavy (non-hydrogen) atoms. The van der Waals surface area contributed by atoms with Crippen molar-refractivity contribution < 1.29 is 0 Å². The van der Waals surface area contributed by atoms with Crippen LogP contribution in [0.4, 0.5) is 0 Å². The highest BCUT2D eigenvalue weighted by Gasteiger charge is 2.12. The van der Waals surface area contributed by atoms with Gasteiger partial charge in [0.1, 0.15) is 0 Å². The van der Waals surface area contributed by atoms with Crippen LogP contribution in [0.5, 0.6) is 0 Å². The second kappa shape index (κ2) is 5.98. The number of aryl methyl sites for hydroxylation is 1. The van der Waals surface area contributed by atoms with E-state index >= 15 is 0 Å². The summed E-state index contributed by atoms with van der Waals surface area (Å²) in [6.45, 7) is 1.88. The fraction of sp³-hybridized carbons (Fsp3) is 0.438. The van der Waals surface area contributed by atoms with Crippen LogP contribution in [0.15, 0.2) is 35.3 Å². The van der Waals surface area contributed by atoms with Crippen molar-refractivity contribution in [3.8, 4) is 0 Å². The number of pyridine rings is 1. The zero-order chi connectivity index (χ0) is 13.9. The highest BCUT2D eigenvalue weighted by molar-refractivity contribution is 6.31. The van der Waals surface area contributed by atoms with E-state index in [0.29, 0.717) is 11.1 Å². The van der Waals surface area contributed by atoms with E-state index in [1.54, 1.807) is 6.07 Å². The Morgan fingerprint density at radius 1 is 1.30 bits per heavy atom. The molecule has 1 aromatic heterocycles. The van der Waals surface area contributed by atoms with Crippen LogP contribution in [0.25, 0.3) is 10.8 Å². The topological polar surface area (TPSA) is 34.0 Å². The largest absolute Gasteiger partial charge is 0.315 e. The van der Waals surface area contributed by atoms with Crippen LogP contribution in [0.1, 0.15) is 25.7 Å². The first-order valence-electron chi connectivity index (χ1n) is 7.26. The molecule has 0 spiro atoms. The number of fused-ring (bicyclic) bond motifs is 1. The van der Waals surface area contributed by atoms with E-state index in [4.69, 9.17) is 11.6 Å². The molecule has 1 saturated heterocycles. The molecule has 0 bridgehead atoms. The third kappa shape index (κ3) is 2.89. The molecule has 2 heterocycles. The molecule has 4 heteroatoms. The van der Waals surface area contributed by atoms with E-state index in [1.807, 2.05) is 29.0 Å². The van der Waals surface area contributed by atoms with E-state index in [0.717, 1.165) is 30.3 Å². The first kappa shape index (κ1) is 13.7. The SMILES string of the molecule is O=c1c2ccc(Cl)cc2ccn1CCC1CCCCN1. The Morgan fingerprint density at radius 2 is 2.20 bits per heavy atom. The molecule has 3 nitrogen and oxygen atoms in total. The molecule has 0 amide bonds. The van der Waals surface area contributed by atoms with Crippen LogP contribution >= 0.6 is 11.6 Å². The van der Waals surface area contributed by atoms with Gasteiger partial charge in [-0.05, 0) is 55.5 Å². The summed E-state index contributed by atoms with van der Waals surface area (Å²) in [7, 11) is 0. The van der Waals surface area contributed by atoms with Crippen LogP contribution < -0.4 is 10.9 Å². The smallest absolute Gasteiger partial charge is 0.258 e. The minimum absolute atomic E-state index is 0.0787. The van der Waals surface area contributed by atoms with E-state index in [2.05, 4.69) is 5.32 Å². The molecule has 0 aliphatic carbocycles. The van der Waals surface area contributed by atoms with E-state index in [9.17, 15) is 4.79 Å². The lowest BCUT2D eigenvalue weighted by Gasteiger charge is -2.23. The Balaban J connectivity index is 1.79. The van der Waals surface area contributed by atoms with Gasteiger partial charge in [-0.1, -0.05) is 18.0 Å². The number of hydrogen-bond acceptors (Lipinski definition) is 2. The van der Waals surface area contributed by atoms with Crippen LogP contribution in [-0.4, -0.2) is 17.2 Å². The highest BCUT2D eigenvalue weighted by Crippen LogP contribution is 2.16. The van der Waals surface area contributed by atoms with Gasteiger partial charge >= 0.3 is 0 Å². The zero-order valence-electron chi connectivity index (χ0n) is 11.4. The number of rotatable bonds is 3. The Bertz CT molecular complexity index is 659. The Hall–Kier alpha value is -1.32. The lowest BCUT2D eigenvalue weighted by molar-refractivity contribution is 0.365. The first-order valence-corrected chi connectivity index (χ1v) is 7.64. The summed E-state index contributed by atoms with van der Waals surface area (Å²) in [5, 5.41) is 5.84. The predicted octanol–water partition coefficient (Wildman–Crippen LogP) is 3.19. The van der Waals surface area contributed by atoms with Gasteiger partial charge in [-0.2, -0.15) is 0 Å².